The van der Waals surface area contributed by atoms with Crippen LogP contribution in [0.2, 0.25) is 0 Å². The zero-order valence-electron chi connectivity index (χ0n) is 22.9. The van der Waals surface area contributed by atoms with Crippen LogP contribution in [0, 0.1) is 28.6 Å². The molecular weight excluding hydrogens is 442 g/mol. The molecule has 0 saturated heterocycles. The maximum absolute atomic E-state index is 12.5. The molecular formula is C33H47NO2. The van der Waals surface area contributed by atoms with E-state index in [1.54, 1.807) is 11.1 Å². The Morgan fingerprint density at radius 3 is 2.61 bits per heavy atom. The van der Waals surface area contributed by atoms with E-state index in [0.717, 1.165) is 43.4 Å². The van der Waals surface area contributed by atoms with Crippen molar-refractivity contribution in [3.8, 4) is 0 Å². The Morgan fingerprint density at radius 2 is 1.81 bits per heavy atom. The van der Waals surface area contributed by atoms with Crippen molar-refractivity contribution < 1.29 is 9.53 Å². The van der Waals surface area contributed by atoms with Gasteiger partial charge < -0.3 is 4.74 Å². The number of nitrogens with zero attached hydrogens (tertiary/aromatic N) is 1. The molecule has 4 aliphatic carbocycles. The van der Waals surface area contributed by atoms with Gasteiger partial charge in [-0.2, -0.15) is 0 Å². The third kappa shape index (κ3) is 4.84. The van der Waals surface area contributed by atoms with Crippen molar-refractivity contribution >= 4 is 11.5 Å². The van der Waals surface area contributed by atoms with Gasteiger partial charge >= 0.3 is 5.97 Å². The highest BCUT2D eigenvalue weighted by molar-refractivity contribution is 5.72. The molecule has 6 atom stereocenters. The van der Waals surface area contributed by atoms with Gasteiger partial charge in [-0.1, -0.05) is 76.7 Å². The third-order valence-corrected chi connectivity index (χ3v) is 10.6. The minimum Gasteiger partial charge on any atom is -0.462 e. The van der Waals surface area contributed by atoms with Crippen molar-refractivity contribution in [2.24, 2.45) is 28.6 Å². The summed E-state index contributed by atoms with van der Waals surface area (Å²) in [7, 11) is 0. The van der Waals surface area contributed by atoms with E-state index in [9.17, 15) is 4.79 Å². The summed E-state index contributed by atoms with van der Waals surface area (Å²) >= 11 is 0. The lowest BCUT2D eigenvalue weighted by Crippen LogP contribution is -2.50. The van der Waals surface area contributed by atoms with Crippen molar-refractivity contribution in [1.82, 2.24) is 4.98 Å². The van der Waals surface area contributed by atoms with E-state index < -0.39 is 0 Å². The van der Waals surface area contributed by atoms with E-state index in [0.29, 0.717) is 6.42 Å². The lowest BCUT2D eigenvalue weighted by molar-refractivity contribution is -0.151. The quantitative estimate of drug-likeness (QED) is 0.198. The average molecular weight is 490 g/mol. The summed E-state index contributed by atoms with van der Waals surface area (Å²) < 4.78 is 6.00. The number of pyridine rings is 1. The molecule has 3 nitrogen and oxygen atoms in total. The van der Waals surface area contributed by atoms with Crippen LogP contribution < -0.4 is 0 Å². The summed E-state index contributed by atoms with van der Waals surface area (Å²) in [6, 6.07) is 4.32. The number of hydrogen-bond acceptors (Lipinski definition) is 3. The molecule has 1 heterocycles. The third-order valence-electron chi connectivity index (χ3n) is 10.6. The largest absolute Gasteiger partial charge is 0.462 e. The summed E-state index contributed by atoms with van der Waals surface area (Å²) in [5.41, 5.74) is 5.01. The lowest BCUT2D eigenvalue weighted by atomic mass is 9.47. The molecule has 0 radical (unpaired) electrons. The molecule has 0 unspecified atom stereocenters. The molecule has 0 bridgehead atoms. The minimum absolute atomic E-state index is 0.0294. The van der Waals surface area contributed by atoms with Crippen LogP contribution in [0.4, 0.5) is 0 Å². The van der Waals surface area contributed by atoms with E-state index in [1.165, 1.54) is 63.4 Å². The predicted molar refractivity (Wildman–Crippen MR) is 147 cm³/mol. The van der Waals surface area contributed by atoms with Gasteiger partial charge in [-0.15, -0.1) is 0 Å². The zero-order chi connectivity index (χ0) is 25.2. The first kappa shape index (κ1) is 25.7. The van der Waals surface area contributed by atoms with Gasteiger partial charge in [-0.3, -0.25) is 9.78 Å². The number of ether oxygens (including phenoxy) is 1. The van der Waals surface area contributed by atoms with Crippen LogP contribution in [-0.2, 0) is 9.53 Å². The van der Waals surface area contributed by atoms with Gasteiger partial charge in [-0.05, 0) is 90.7 Å². The highest BCUT2D eigenvalue weighted by Crippen LogP contribution is 2.66. The second-order valence-electron chi connectivity index (χ2n) is 12.7. The fourth-order valence-electron chi connectivity index (χ4n) is 8.56. The standard InChI is InChI=1S/C33H47NO2/c1-4-5-6-7-8-9-12-31(35)36-26-17-19-32(2)25(22-26)13-14-27-29-16-15-28(24-11-10-21-34-23-24)33(29,3)20-18-30(27)32/h10-11,13,15,21,23,26-27,29-30H,4-9,12,14,16-20,22H2,1-3H3/t26-,27-,29-,30-,32-,33+/m0/s1. The second kappa shape index (κ2) is 10.8. The molecule has 5 rings (SSSR count). The Bertz CT molecular complexity index is 981. The van der Waals surface area contributed by atoms with E-state index in [1.807, 2.05) is 6.20 Å². The minimum atomic E-state index is 0.0294. The normalized spacial score (nSPS) is 35.2. The highest BCUT2D eigenvalue weighted by atomic mass is 16.5. The van der Waals surface area contributed by atoms with Crippen LogP contribution in [-0.4, -0.2) is 17.1 Å². The van der Waals surface area contributed by atoms with Gasteiger partial charge in [0, 0.05) is 25.2 Å². The summed E-state index contributed by atoms with van der Waals surface area (Å²) in [5.74, 6) is 2.28. The van der Waals surface area contributed by atoms with Gasteiger partial charge in [0.05, 0.1) is 0 Å². The maximum atomic E-state index is 12.5. The predicted octanol–water partition coefficient (Wildman–Crippen LogP) is 8.70. The lowest BCUT2D eigenvalue weighted by Gasteiger charge is -2.57. The molecule has 0 N–H and O–H groups in total. The molecule has 0 spiro atoms. The van der Waals surface area contributed by atoms with E-state index in [-0.39, 0.29) is 22.9 Å². The number of rotatable bonds is 9. The fourth-order valence-corrected chi connectivity index (χ4v) is 8.56. The first-order valence-corrected chi connectivity index (χ1v) is 15.0. The molecule has 1 aromatic rings. The Morgan fingerprint density at radius 1 is 1.00 bits per heavy atom. The molecule has 0 amide bonds. The Labute approximate surface area is 219 Å². The van der Waals surface area contributed by atoms with Crippen molar-refractivity contribution in [3.63, 3.8) is 0 Å². The average Bonchev–Trinajstić information content (AvgIpc) is 3.24. The smallest absolute Gasteiger partial charge is 0.306 e. The highest BCUT2D eigenvalue weighted by Gasteiger charge is 2.57. The molecule has 2 fully saturated rings. The molecule has 3 heteroatoms. The number of unbranched alkanes of at least 4 members (excludes halogenated alkanes) is 5. The van der Waals surface area contributed by atoms with Crippen LogP contribution in [0.25, 0.3) is 5.57 Å². The second-order valence-corrected chi connectivity index (χ2v) is 12.7. The first-order valence-electron chi connectivity index (χ1n) is 15.0. The number of carbonyl (C=O) groups excluding carboxylic acids is 1. The summed E-state index contributed by atoms with van der Waals surface area (Å²) in [6.45, 7) is 7.31. The van der Waals surface area contributed by atoms with Gasteiger partial charge in [0.25, 0.3) is 0 Å². The molecule has 4 aliphatic rings. The van der Waals surface area contributed by atoms with Crippen LogP contribution in [0.15, 0.2) is 42.3 Å². The fraction of sp³-hybridized carbons (Fsp3) is 0.697. The number of allylic oxidation sites excluding steroid dienone is 3. The number of hydrogen-bond donors (Lipinski definition) is 0. The monoisotopic (exact) mass is 489 g/mol. The van der Waals surface area contributed by atoms with Gasteiger partial charge in [0.1, 0.15) is 6.10 Å². The first-order chi connectivity index (χ1) is 17.5. The molecule has 2 saturated carbocycles. The molecule has 1 aromatic heterocycles. The summed E-state index contributed by atoms with van der Waals surface area (Å²) in [5, 5.41) is 0. The Hall–Kier alpha value is -1.90. The zero-order valence-corrected chi connectivity index (χ0v) is 22.9. The Balaban J connectivity index is 1.19. The SMILES string of the molecule is CCCCCCCCC(=O)O[C@H]1CC[C@@]2(C)C(=CC[C@@H]3[C@@H]2CC[C@]2(C)C(c4cccnc4)=CC[C@@H]32)C1. The summed E-state index contributed by atoms with van der Waals surface area (Å²) in [6.07, 6.45) is 25.1. The van der Waals surface area contributed by atoms with Crippen LogP contribution in [0.5, 0.6) is 0 Å². The molecule has 0 aromatic carbocycles. The van der Waals surface area contributed by atoms with Gasteiger partial charge in [0.2, 0.25) is 0 Å². The van der Waals surface area contributed by atoms with Crippen molar-refractivity contribution in [2.75, 3.05) is 0 Å². The van der Waals surface area contributed by atoms with Crippen LogP contribution in [0.3, 0.4) is 0 Å². The van der Waals surface area contributed by atoms with E-state index >= 15 is 0 Å². The molecule has 0 aliphatic heterocycles. The summed E-state index contributed by atoms with van der Waals surface area (Å²) in [4.78, 5) is 16.9. The number of aromatic nitrogens is 1. The van der Waals surface area contributed by atoms with Gasteiger partial charge in [0.15, 0.2) is 0 Å². The maximum Gasteiger partial charge on any atom is 0.306 e. The topological polar surface area (TPSA) is 39.2 Å². The Kier molecular flexibility index (Phi) is 7.75. The van der Waals surface area contributed by atoms with Crippen molar-refractivity contribution in [3.05, 3.63) is 47.8 Å². The van der Waals surface area contributed by atoms with E-state index in [4.69, 9.17) is 4.74 Å². The van der Waals surface area contributed by atoms with Crippen LogP contribution >= 0.6 is 0 Å². The number of esters is 1. The molecule has 196 valence electrons. The van der Waals surface area contributed by atoms with Crippen molar-refractivity contribution in [2.45, 2.75) is 117 Å². The molecule has 36 heavy (non-hydrogen) atoms. The number of fused-ring (bicyclic) bond motifs is 5. The van der Waals surface area contributed by atoms with E-state index in [2.05, 4.69) is 56.2 Å². The number of carbonyl (C=O) groups is 1. The van der Waals surface area contributed by atoms with Crippen molar-refractivity contribution in [1.29, 1.82) is 0 Å². The van der Waals surface area contributed by atoms with Gasteiger partial charge in [-0.25, -0.2) is 0 Å². The van der Waals surface area contributed by atoms with Crippen LogP contribution in [0.1, 0.15) is 116 Å².